The quantitative estimate of drug-likeness (QED) is 0.870. The Hall–Kier alpha value is -1.38. The monoisotopic (exact) mass is 263 g/mol. The molecule has 0 radical (unpaired) electrons. The van der Waals surface area contributed by atoms with Crippen LogP contribution in [0, 0.1) is 12.7 Å². The van der Waals surface area contributed by atoms with Gasteiger partial charge in [-0.25, -0.2) is 4.39 Å². The maximum atomic E-state index is 13.1. The first-order chi connectivity index (χ1) is 8.41. The normalized spacial score (nSPS) is 14.3. The Morgan fingerprint density at radius 1 is 1.17 bits per heavy atom. The predicted molar refractivity (Wildman–Crippen MR) is 73.2 cm³/mol. The van der Waals surface area contributed by atoms with E-state index in [1.54, 1.807) is 12.1 Å². The molecule has 0 saturated heterocycles. The second kappa shape index (κ2) is 4.71. The number of benzene rings is 2. The minimum atomic E-state index is -0.692. The molecule has 0 aliphatic rings. The van der Waals surface area contributed by atoms with Gasteiger partial charge in [0.1, 0.15) is 5.82 Å². The Morgan fingerprint density at radius 2 is 1.89 bits per heavy atom. The van der Waals surface area contributed by atoms with Gasteiger partial charge in [-0.3, -0.25) is 0 Å². The summed E-state index contributed by atoms with van der Waals surface area (Å²) in [6.07, 6.45) is 0. The van der Waals surface area contributed by atoms with Crippen molar-refractivity contribution in [3.8, 4) is 0 Å². The van der Waals surface area contributed by atoms with Crippen molar-refractivity contribution in [3.05, 3.63) is 70.0 Å². The molecule has 0 aliphatic carbocycles. The first kappa shape index (κ1) is 13.1. The molecular weight excluding hydrogens is 249 g/mol. The lowest BCUT2D eigenvalue weighted by molar-refractivity contribution is 0.588. The van der Waals surface area contributed by atoms with Crippen molar-refractivity contribution >= 4 is 11.6 Å². The highest BCUT2D eigenvalue weighted by molar-refractivity contribution is 6.30. The maximum Gasteiger partial charge on any atom is 0.123 e. The highest BCUT2D eigenvalue weighted by atomic mass is 35.5. The molecule has 0 saturated carbocycles. The molecule has 0 aliphatic heterocycles. The molecule has 1 unspecified atom stereocenters. The van der Waals surface area contributed by atoms with Gasteiger partial charge in [-0.05, 0) is 54.8 Å². The fourth-order valence-electron chi connectivity index (χ4n) is 2.18. The van der Waals surface area contributed by atoms with Gasteiger partial charge in [-0.1, -0.05) is 29.8 Å². The molecule has 2 aromatic rings. The van der Waals surface area contributed by atoms with E-state index in [0.29, 0.717) is 5.02 Å². The largest absolute Gasteiger partial charge is 0.318 e. The first-order valence-corrected chi connectivity index (χ1v) is 6.10. The van der Waals surface area contributed by atoms with Crippen LogP contribution in [-0.2, 0) is 5.54 Å². The summed E-state index contributed by atoms with van der Waals surface area (Å²) in [5, 5.41) is 0.643. The van der Waals surface area contributed by atoms with Crippen LogP contribution in [0.3, 0.4) is 0 Å². The molecule has 2 aromatic carbocycles. The molecule has 3 heteroatoms. The summed E-state index contributed by atoms with van der Waals surface area (Å²) in [5.41, 5.74) is 8.34. The van der Waals surface area contributed by atoms with Crippen LogP contribution in [0.25, 0.3) is 0 Å². The molecule has 1 atom stereocenters. The van der Waals surface area contributed by atoms with Crippen LogP contribution in [0.2, 0.25) is 5.02 Å². The summed E-state index contributed by atoms with van der Waals surface area (Å²) in [7, 11) is 0. The van der Waals surface area contributed by atoms with E-state index in [1.165, 1.54) is 12.1 Å². The minimum Gasteiger partial charge on any atom is -0.318 e. The van der Waals surface area contributed by atoms with E-state index in [1.807, 2.05) is 32.0 Å². The van der Waals surface area contributed by atoms with Crippen molar-refractivity contribution < 1.29 is 4.39 Å². The average molecular weight is 264 g/mol. The van der Waals surface area contributed by atoms with Gasteiger partial charge in [-0.15, -0.1) is 0 Å². The Bertz CT molecular complexity index is 578. The van der Waals surface area contributed by atoms with Crippen LogP contribution < -0.4 is 5.73 Å². The van der Waals surface area contributed by atoms with E-state index >= 15 is 0 Å². The van der Waals surface area contributed by atoms with Gasteiger partial charge in [0.05, 0.1) is 5.54 Å². The van der Waals surface area contributed by atoms with Crippen LogP contribution in [0.5, 0.6) is 0 Å². The summed E-state index contributed by atoms with van der Waals surface area (Å²) in [6, 6.07) is 12.1. The van der Waals surface area contributed by atoms with Crippen LogP contribution in [0.15, 0.2) is 42.5 Å². The molecule has 94 valence electrons. The zero-order valence-electron chi connectivity index (χ0n) is 10.4. The topological polar surface area (TPSA) is 26.0 Å². The Morgan fingerprint density at radius 3 is 2.50 bits per heavy atom. The number of hydrogen-bond donors (Lipinski definition) is 1. The third kappa shape index (κ3) is 2.40. The van der Waals surface area contributed by atoms with Gasteiger partial charge in [0.15, 0.2) is 0 Å². The third-order valence-electron chi connectivity index (χ3n) is 3.17. The Labute approximate surface area is 111 Å². The van der Waals surface area contributed by atoms with Crippen molar-refractivity contribution in [1.82, 2.24) is 0 Å². The minimum absolute atomic E-state index is 0.252. The third-order valence-corrected chi connectivity index (χ3v) is 3.41. The predicted octanol–water partition coefficient (Wildman–Crippen LogP) is 4.01. The van der Waals surface area contributed by atoms with Crippen molar-refractivity contribution in [1.29, 1.82) is 0 Å². The van der Waals surface area contributed by atoms with Crippen molar-refractivity contribution in [3.63, 3.8) is 0 Å². The summed E-state index contributed by atoms with van der Waals surface area (Å²) in [4.78, 5) is 0. The Balaban J connectivity index is 2.53. The van der Waals surface area contributed by atoms with Gasteiger partial charge in [-0.2, -0.15) is 0 Å². The average Bonchev–Trinajstić information content (AvgIpc) is 2.28. The van der Waals surface area contributed by atoms with Crippen LogP contribution in [-0.4, -0.2) is 0 Å². The highest BCUT2D eigenvalue weighted by Gasteiger charge is 2.25. The highest BCUT2D eigenvalue weighted by Crippen LogP contribution is 2.30. The standard InChI is InChI=1S/C15H15ClFN/c1-10-8-13(17)6-7-14(10)15(2,18)11-4-3-5-12(16)9-11/h3-9H,18H2,1-2H3. The molecule has 0 spiro atoms. The van der Waals surface area contributed by atoms with E-state index in [0.717, 1.165) is 16.7 Å². The SMILES string of the molecule is Cc1cc(F)ccc1C(C)(N)c1cccc(Cl)c1. The molecular formula is C15H15ClFN. The summed E-state index contributed by atoms with van der Waals surface area (Å²) in [5.74, 6) is -0.252. The zero-order chi connectivity index (χ0) is 13.3. The molecule has 0 bridgehead atoms. The fourth-order valence-corrected chi connectivity index (χ4v) is 2.37. The van der Waals surface area contributed by atoms with Crippen molar-refractivity contribution in [2.45, 2.75) is 19.4 Å². The van der Waals surface area contributed by atoms with Gasteiger partial charge in [0.25, 0.3) is 0 Å². The molecule has 18 heavy (non-hydrogen) atoms. The smallest absolute Gasteiger partial charge is 0.123 e. The number of nitrogens with two attached hydrogens (primary N) is 1. The van der Waals surface area contributed by atoms with Crippen LogP contribution in [0.4, 0.5) is 4.39 Å². The molecule has 0 fully saturated rings. The molecule has 0 heterocycles. The zero-order valence-corrected chi connectivity index (χ0v) is 11.1. The molecule has 2 rings (SSSR count). The summed E-state index contributed by atoms with van der Waals surface area (Å²) in [6.45, 7) is 3.76. The lowest BCUT2D eigenvalue weighted by Gasteiger charge is -2.28. The lowest BCUT2D eigenvalue weighted by atomic mass is 9.83. The van der Waals surface area contributed by atoms with E-state index in [2.05, 4.69) is 0 Å². The first-order valence-electron chi connectivity index (χ1n) is 5.73. The Kier molecular flexibility index (Phi) is 3.42. The molecule has 2 N–H and O–H groups in total. The fraction of sp³-hybridized carbons (Fsp3) is 0.200. The van der Waals surface area contributed by atoms with Gasteiger partial charge in [0, 0.05) is 5.02 Å². The molecule has 0 amide bonds. The van der Waals surface area contributed by atoms with Gasteiger partial charge >= 0.3 is 0 Å². The van der Waals surface area contributed by atoms with E-state index in [-0.39, 0.29) is 5.82 Å². The van der Waals surface area contributed by atoms with E-state index < -0.39 is 5.54 Å². The van der Waals surface area contributed by atoms with Gasteiger partial charge in [0.2, 0.25) is 0 Å². The van der Waals surface area contributed by atoms with Crippen LogP contribution >= 0.6 is 11.6 Å². The molecule has 0 aromatic heterocycles. The van der Waals surface area contributed by atoms with Crippen LogP contribution in [0.1, 0.15) is 23.6 Å². The maximum absolute atomic E-state index is 13.1. The number of halogens is 2. The molecule has 1 nitrogen and oxygen atoms in total. The second-order valence-corrected chi connectivity index (χ2v) is 5.11. The number of hydrogen-bond acceptors (Lipinski definition) is 1. The lowest BCUT2D eigenvalue weighted by Crippen LogP contribution is -2.35. The van der Waals surface area contributed by atoms with E-state index in [4.69, 9.17) is 17.3 Å². The van der Waals surface area contributed by atoms with E-state index in [9.17, 15) is 4.39 Å². The second-order valence-electron chi connectivity index (χ2n) is 4.67. The summed E-state index contributed by atoms with van der Waals surface area (Å²) >= 11 is 5.99. The summed E-state index contributed by atoms with van der Waals surface area (Å²) < 4.78 is 13.1. The number of aryl methyl sites for hydroxylation is 1. The van der Waals surface area contributed by atoms with Crippen molar-refractivity contribution in [2.75, 3.05) is 0 Å². The number of rotatable bonds is 2. The van der Waals surface area contributed by atoms with Crippen molar-refractivity contribution in [2.24, 2.45) is 5.73 Å². The van der Waals surface area contributed by atoms with Gasteiger partial charge < -0.3 is 5.73 Å².